The highest BCUT2D eigenvalue weighted by Crippen LogP contribution is 2.35. The first kappa shape index (κ1) is 15.1. The molecule has 0 aliphatic carbocycles. The monoisotopic (exact) mass is 323 g/mol. The minimum absolute atomic E-state index is 0.0313. The number of rotatable bonds is 4. The number of anilines is 1. The molecule has 0 atom stereocenters. The van der Waals surface area contributed by atoms with Crippen LogP contribution >= 0.6 is 11.6 Å². The highest BCUT2D eigenvalue weighted by molar-refractivity contribution is 6.37. The highest BCUT2D eigenvalue weighted by Gasteiger charge is 2.13. The fourth-order valence-corrected chi connectivity index (χ4v) is 2.62. The van der Waals surface area contributed by atoms with Crippen LogP contribution in [0.4, 0.5) is 5.69 Å². The molecule has 0 amide bonds. The van der Waals surface area contributed by atoms with E-state index in [1.165, 1.54) is 12.3 Å². The van der Waals surface area contributed by atoms with Crippen molar-refractivity contribution in [3.63, 3.8) is 0 Å². The van der Waals surface area contributed by atoms with Gasteiger partial charge in [0.2, 0.25) is 0 Å². The van der Waals surface area contributed by atoms with Crippen molar-refractivity contribution < 1.29 is 14.6 Å². The van der Waals surface area contributed by atoms with Crippen molar-refractivity contribution in [2.45, 2.75) is 0 Å². The topological polar surface area (TPSA) is 80.8 Å². The molecule has 118 valence electrons. The smallest absolute Gasteiger partial charge is 0.163 e. The van der Waals surface area contributed by atoms with Crippen molar-refractivity contribution in [2.75, 3.05) is 45.2 Å². The van der Waals surface area contributed by atoms with E-state index in [0.717, 1.165) is 32.8 Å². The molecule has 0 unspecified atom stereocenters. The standard InChI is InChI=1S/C15H18ClN3O3/c16-15-10-7-13(20)14(8-12(10)18-9-11(15)17)22-6-3-19-1-4-21-5-2-19/h7-9,20H,1-6,17H2. The molecule has 1 aliphatic heterocycles. The lowest BCUT2D eigenvalue weighted by molar-refractivity contribution is 0.0321. The number of morpholine rings is 1. The second-order valence-corrected chi connectivity index (χ2v) is 5.55. The third-order valence-corrected chi connectivity index (χ3v) is 4.10. The summed E-state index contributed by atoms with van der Waals surface area (Å²) in [6.45, 7) is 4.60. The molecule has 1 fully saturated rings. The van der Waals surface area contributed by atoms with Crippen molar-refractivity contribution in [1.82, 2.24) is 9.88 Å². The molecular weight excluding hydrogens is 306 g/mol. The van der Waals surface area contributed by atoms with E-state index in [-0.39, 0.29) is 5.75 Å². The quantitative estimate of drug-likeness (QED) is 0.894. The average molecular weight is 324 g/mol. The summed E-state index contributed by atoms with van der Waals surface area (Å²) in [5.41, 5.74) is 6.74. The summed E-state index contributed by atoms with van der Waals surface area (Å²) in [5, 5.41) is 11.1. The van der Waals surface area contributed by atoms with Gasteiger partial charge in [0.1, 0.15) is 6.61 Å². The third kappa shape index (κ3) is 3.19. The van der Waals surface area contributed by atoms with E-state index in [1.54, 1.807) is 6.07 Å². The summed E-state index contributed by atoms with van der Waals surface area (Å²) < 4.78 is 11.0. The van der Waals surface area contributed by atoms with E-state index >= 15 is 0 Å². The van der Waals surface area contributed by atoms with Gasteiger partial charge in [0.15, 0.2) is 11.5 Å². The van der Waals surface area contributed by atoms with Crippen LogP contribution in [0.2, 0.25) is 5.02 Å². The molecule has 0 saturated carbocycles. The second-order valence-electron chi connectivity index (χ2n) is 5.17. The largest absolute Gasteiger partial charge is 0.504 e. The van der Waals surface area contributed by atoms with Crippen molar-refractivity contribution in [3.05, 3.63) is 23.4 Å². The maximum atomic E-state index is 10.1. The van der Waals surface area contributed by atoms with E-state index < -0.39 is 0 Å². The first-order valence-electron chi connectivity index (χ1n) is 7.15. The molecule has 2 aromatic rings. The number of nitrogen functional groups attached to an aromatic ring is 1. The Morgan fingerprint density at radius 1 is 1.36 bits per heavy atom. The second kappa shape index (κ2) is 6.56. The number of aromatic nitrogens is 1. The first-order chi connectivity index (χ1) is 10.6. The van der Waals surface area contributed by atoms with Crippen LogP contribution in [0.1, 0.15) is 0 Å². The molecule has 1 saturated heterocycles. The maximum Gasteiger partial charge on any atom is 0.163 e. The number of hydrogen-bond donors (Lipinski definition) is 2. The molecule has 6 nitrogen and oxygen atoms in total. The molecule has 0 radical (unpaired) electrons. The summed E-state index contributed by atoms with van der Waals surface area (Å²) in [6, 6.07) is 3.21. The molecule has 3 N–H and O–H groups in total. The zero-order valence-electron chi connectivity index (χ0n) is 12.1. The molecule has 1 aromatic carbocycles. The van der Waals surface area contributed by atoms with Gasteiger partial charge in [-0.3, -0.25) is 9.88 Å². The number of ether oxygens (including phenoxy) is 2. The fourth-order valence-electron chi connectivity index (χ4n) is 2.42. The number of fused-ring (bicyclic) bond motifs is 1. The van der Waals surface area contributed by atoms with Crippen LogP contribution in [0, 0.1) is 0 Å². The van der Waals surface area contributed by atoms with Gasteiger partial charge in [-0.15, -0.1) is 0 Å². The summed E-state index contributed by atoms with van der Waals surface area (Å²) in [7, 11) is 0. The van der Waals surface area contributed by atoms with Crippen LogP contribution in [-0.2, 0) is 4.74 Å². The SMILES string of the molecule is Nc1cnc2cc(OCCN3CCOCC3)c(O)cc2c1Cl. The van der Waals surface area contributed by atoms with Crippen LogP contribution in [0.25, 0.3) is 10.9 Å². The molecule has 0 spiro atoms. The van der Waals surface area contributed by atoms with Gasteiger partial charge in [0.05, 0.1) is 35.6 Å². The molecule has 7 heteroatoms. The molecule has 3 rings (SSSR count). The van der Waals surface area contributed by atoms with Crippen LogP contribution in [0.5, 0.6) is 11.5 Å². The van der Waals surface area contributed by atoms with Crippen molar-refractivity contribution in [2.24, 2.45) is 0 Å². The van der Waals surface area contributed by atoms with Crippen LogP contribution in [0.3, 0.4) is 0 Å². The Kier molecular flexibility index (Phi) is 4.52. The van der Waals surface area contributed by atoms with Gasteiger partial charge in [-0.25, -0.2) is 0 Å². The highest BCUT2D eigenvalue weighted by atomic mass is 35.5. The van der Waals surface area contributed by atoms with Gasteiger partial charge in [0.25, 0.3) is 0 Å². The van der Waals surface area contributed by atoms with E-state index in [0.29, 0.717) is 34.0 Å². The number of pyridine rings is 1. The summed E-state index contributed by atoms with van der Waals surface area (Å²) in [4.78, 5) is 6.48. The average Bonchev–Trinajstić information content (AvgIpc) is 2.53. The van der Waals surface area contributed by atoms with Gasteiger partial charge in [0, 0.05) is 31.1 Å². The van der Waals surface area contributed by atoms with Gasteiger partial charge in [-0.05, 0) is 6.07 Å². The Hall–Kier alpha value is -1.76. The Balaban J connectivity index is 1.71. The van der Waals surface area contributed by atoms with Crippen LogP contribution in [0.15, 0.2) is 18.3 Å². The lowest BCUT2D eigenvalue weighted by Gasteiger charge is -2.26. The number of nitrogens with two attached hydrogens (primary N) is 1. The fraction of sp³-hybridized carbons (Fsp3) is 0.400. The number of nitrogens with zero attached hydrogens (tertiary/aromatic N) is 2. The third-order valence-electron chi connectivity index (χ3n) is 3.68. The Bertz CT molecular complexity index is 675. The molecule has 1 aromatic heterocycles. The van der Waals surface area contributed by atoms with Crippen molar-refractivity contribution >= 4 is 28.2 Å². The summed E-state index contributed by atoms with van der Waals surface area (Å²) in [5.74, 6) is 0.429. The van der Waals surface area contributed by atoms with E-state index in [9.17, 15) is 5.11 Å². The number of hydrogen-bond acceptors (Lipinski definition) is 6. The predicted molar refractivity (Wildman–Crippen MR) is 85.6 cm³/mol. The Labute approximate surface area is 133 Å². The minimum atomic E-state index is 0.0313. The predicted octanol–water partition coefficient (Wildman–Crippen LogP) is 1.89. The molecule has 2 heterocycles. The molecule has 22 heavy (non-hydrogen) atoms. The number of benzene rings is 1. The Morgan fingerprint density at radius 2 is 2.14 bits per heavy atom. The minimum Gasteiger partial charge on any atom is -0.504 e. The lowest BCUT2D eigenvalue weighted by Crippen LogP contribution is -2.38. The van der Waals surface area contributed by atoms with Crippen LogP contribution in [-0.4, -0.2) is 54.4 Å². The number of aromatic hydroxyl groups is 1. The summed E-state index contributed by atoms with van der Waals surface area (Å²) in [6.07, 6.45) is 1.50. The first-order valence-corrected chi connectivity index (χ1v) is 7.52. The van der Waals surface area contributed by atoms with Gasteiger partial charge < -0.3 is 20.3 Å². The van der Waals surface area contributed by atoms with E-state index in [2.05, 4.69) is 9.88 Å². The molecular formula is C15H18ClN3O3. The van der Waals surface area contributed by atoms with Crippen molar-refractivity contribution in [3.8, 4) is 11.5 Å². The number of phenols is 1. The van der Waals surface area contributed by atoms with E-state index in [1.807, 2.05) is 0 Å². The number of halogens is 1. The van der Waals surface area contributed by atoms with Crippen LogP contribution < -0.4 is 10.5 Å². The maximum absolute atomic E-state index is 10.1. The van der Waals surface area contributed by atoms with Gasteiger partial charge in [-0.1, -0.05) is 11.6 Å². The lowest BCUT2D eigenvalue weighted by atomic mass is 10.2. The summed E-state index contributed by atoms with van der Waals surface area (Å²) >= 11 is 6.12. The van der Waals surface area contributed by atoms with Gasteiger partial charge in [-0.2, -0.15) is 0 Å². The number of phenolic OH excluding ortho intramolecular Hbond substituents is 1. The normalized spacial score (nSPS) is 16.0. The zero-order valence-corrected chi connectivity index (χ0v) is 12.8. The Morgan fingerprint density at radius 3 is 2.91 bits per heavy atom. The van der Waals surface area contributed by atoms with E-state index in [4.69, 9.17) is 26.8 Å². The molecule has 0 bridgehead atoms. The molecule has 1 aliphatic rings. The van der Waals surface area contributed by atoms with Gasteiger partial charge >= 0.3 is 0 Å². The van der Waals surface area contributed by atoms with Crippen molar-refractivity contribution in [1.29, 1.82) is 0 Å². The zero-order chi connectivity index (χ0) is 15.5.